The molecule has 0 aliphatic heterocycles. The van der Waals surface area contributed by atoms with E-state index in [1.54, 1.807) is 6.92 Å². The van der Waals surface area contributed by atoms with Gasteiger partial charge in [-0.2, -0.15) is 0 Å². The molecule has 0 fully saturated rings. The molecule has 2 aromatic carbocycles. The Kier molecular flexibility index (Phi) is 4.47. The molecule has 25 heavy (non-hydrogen) atoms. The quantitative estimate of drug-likeness (QED) is 0.575. The second-order valence-corrected chi connectivity index (χ2v) is 5.59. The SMILES string of the molecule is Cc1cccc(-c2nnc(C(C)OC(=O)c3ccc(F)cc3N)o2)c1. The number of nitrogen functional groups attached to an aromatic ring is 1. The molecule has 6 nitrogen and oxygen atoms in total. The summed E-state index contributed by atoms with van der Waals surface area (Å²) in [4.78, 5) is 12.2. The number of nitrogens with two attached hydrogens (primary N) is 1. The van der Waals surface area contributed by atoms with Gasteiger partial charge in [0.15, 0.2) is 6.10 Å². The molecule has 0 saturated carbocycles. The van der Waals surface area contributed by atoms with Crippen molar-refractivity contribution in [2.45, 2.75) is 20.0 Å². The summed E-state index contributed by atoms with van der Waals surface area (Å²) >= 11 is 0. The Morgan fingerprint density at radius 3 is 2.76 bits per heavy atom. The summed E-state index contributed by atoms with van der Waals surface area (Å²) in [5.74, 6) is -0.726. The molecule has 1 aromatic heterocycles. The van der Waals surface area contributed by atoms with Crippen LogP contribution in [0.2, 0.25) is 0 Å². The molecule has 0 saturated heterocycles. The average molecular weight is 341 g/mol. The number of anilines is 1. The van der Waals surface area contributed by atoms with Crippen molar-refractivity contribution in [3.05, 3.63) is 65.3 Å². The van der Waals surface area contributed by atoms with Crippen LogP contribution in [-0.2, 0) is 4.74 Å². The molecule has 1 unspecified atom stereocenters. The van der Waals surface area contributed by atoms with Crippen LogP contribution in [0, 0.1) is 12.7 Å². The van der Waals surface area contributed by atoms with Gasteiger partial charge in [-0.05, 0) is 44.2 Å². The van der Waals surface area contributed by atoms with E-state index < -0.39 is 17.9 Å². The van der Waals surface area contributed by atoms with Gasteiger partial charge in [0, 0.05) is 11.3 Å². The maximum atomic E-state index is 13.1. The minimum absolute atomic E-state index is 0.00294. The number of halogens is 1. The Hall–Kier alpha value is -3.22. The van der Waals surface area contributed by atoms with Crippen molar-refractivity contribution < 1.29 is 18.3 Å². The zero-order valence-electron chi connectivity index (χ0n) is 13.7. The molecular formula is C18H16FN3O3. The van der Waals surface area contributed by atoms with Crippen LogP contribution in [-0.4, -0.2) is 16.2 Å². The second kappa shape index (κ2) is 6.72. The summed E-state index contributed by atoms with van der Waals surface area (Å²) in [5.41, 5.74) is 7.55. The lowest BCUT2D eigenvalue weighted by Crippen LogP contribution is -2.11. The van der Waals surface area contributed by atoms with E-state index >= 15 is 0 Å². The number of carbonyl (C=O) groups excluding carboxylic acids is 1. The molecule has 7 heteroatoms. The first-order valence-electron chi connectivity index (χ1n) is 7.60. The van der Waals surface area contributed by atoms with E-state index in [4.69, 9.17) is 14.9 Å². The standard InChI is InChI=1S/C18H16FN3O3/c1-10-4-3-5-12(8-10)17-22-21-16(25-17)11(2)24-18(23)14-7-6-13(19)9-15(14)20/h3-9,11H,20H2,1-2H3. The van der Waals surface area contributed by atoms with Crippen molar-refractivity contribution in [3.63, 3.8) is 0 Å². The topological polar surface area (TPSA) is 91.2 Å². The van der Waals surface area contributed by atoms with Gasteiger partial charge < -0.3 is 14.9 Å². The van der Waals surface area contributed by atoms with E-state index in [2.05, 4.69) is 10.2 Å². The van der Waals surface area contributed by atoms with Crippen molar-refractivity contribution in [1.29, 1.82) is 0 Å². The highest BCUT2D eigenvalue weighted by Crippen LogP contribution is 2.24. The van der Waals surface area contributed by atoms with Crippen molar-refractivity contribution in [2.75, 3.05) is 5.73 Å². The highest BCUT2D eigenvalue weighted by atomic mass is 19.1. The summed E-state index contributed by atoms with van der Waals surface area (Å²) in [6, 6.07) is 11.1. The van der Waals surface area contributed by atoms with Gasteiger partial charge in [0.2, 0.25) is 5.89 Å². The molecule has 0 bridgehead atoms. The van der Waals surface area contributed by atoms with E-state index in [1.165, 1.54) is 6.07 Å². The first kappa shape index (κ1) is 16.6. The Balaban J connectivity index is 1.75. The molecule has 0 aliphatic carbocycles. The summed E-state index contributed by atoms with van der Waals surface area (Å²) in [6.07, 6.45) is -0.775. The number of nitrogens with zero attached hydrogens (tertiary/aromatic N) is 2. The van der Waals surface area contributed by atoms with Gasteiger partial charge in [-0.15, -0.1) is 10.2 Å². The van der Waals surface area contributed by atoms with Crippen LogP contribution in [0.3, 0.4) is 0 Å². The van der Waals surface area contributed by atoms with E-state index in [9.17, 15) is 9.18 Å². The van der Waals surface area contributed by atoms with Gasteiger partial charge in [-0.3, -0.25) is 0 Å². The molecule has 0 spiro atoms. The zero-order valence-corrected chi connectivity index (χ0v) is 13.7. The van der Waals surface area contributed by atoms with Crippen LogP contribution in [0.15, 0.2) is 46.9 Å². The number of aromatic nitrogens is 2. The lowest BCUT2D eigenvalue weighted by Gasteiger charge is -2.10. The van der Waals surface area contributed by atoms with Gasteiger partial charge in [0.05, 0.1) is 5.56 Å². The molecule has 3 aromatic rings. The molecule has 0 aliphatic rings. The van der Waals surface area contributed by atoms with Crippen molar-refractivity contribution in [2.24, 2.45) is 0 Å². The predicted molar refractivity (Wildman–Crippen MR) is 89.1 cm³/mol. The van der Waals surface area contributed by atoms with Crippen molar-refractivity contribution in [1.82, 2.24) is 10.2 Å². The van der Waals surface area contributed by atoms with Crippen LogP contribution in [0.1, 0.15) is 34.8 Å². The number of hydrogen-bond donors (Lipinski definition) is 1. The fourth-order valence-electron chi connectivity index (χ4n) is 2.29. The number of rotatable bonds is 4. The summed E-state index contributed by atoms with van der Waals surface area (Å²) in [5, 5.41) is 7.90. The Morgan fingerprint density at radius 1 is 1.24 bits per heavy atom. The second-order valence-electron chi connectivity index (χ2n) is 5.59. The Labute approximate surface area is 143 Å². The molecule has 1 heterocycles. The molecule has 1 atom stereocenters. The molecular weight excluding hydrogens is 325 g/mol. The van der Waals surface area contributed by atoms with E-state index in [0.717, 1.165) is 23.3 Å². The number of aryl methyl sites for hydroxylation is 1. The first-order chi connectivity index (χ1) is 11.9. The summed E-state index contributed by atoms with van der Waals surface area (Å²) in [6.45, 7) is 3.56. The monoisotopic (exact) mass is 341 g/mol. The van der Waals surface area contributed by atoms with Gasteiger partial charge >= 0.3 is 5.97 Å². The third-order valence-corrected chi connectivity index (χ3v) is 3.57. The van der Waals surface area contributed by atoms with Crippen LogP contribution < -0.4 is 5.73 Å². The third-order valence-electron chi connectivity index (χ3n) is 3.57. The fraction of sp³-hybridized carbons (Fsp3) is 0.167. The average Bonchev–Trinajstić information content (AvgIpc) is 3.04. The Bertz CT molecular complexity index is 923. The number of esters is 1. The largest absolute Gasteiger partial charge is 0.449 e. The van der Waals surface area contributed by atoms with Gasteiger partial charge in [0.1, 0.15) is 5.82 Å². The minimum atomic E-state index is -0.775. The molecule has 3 rings (SSSR count). The highest BCUT2D eigenvalue weighted by molar-refractivity contribution is 5.95. The van der Waals surface area contributed by atoms with Crippen molar-refractivity contribution in [3.8, 4) is 11.5 Å². The maximum Gasteiger partial charge on any atom is 0.341 e. The first-order valence-corrected chi connectivity index (χ1v) is 7.60. The van der Waals surface area contributed by atoms with Gasteiger partial charge in [-0.25, -0.2) is 9.18 Å². The Morgan fingerprint density at radius 2 is 2.04 bits per heavy atom. The molecule has 2 N–H and O–H groups in total. The highest BCUT2D eigenvalue weighted by Gasteiger charge is 2.21. The van der Waals surface area contributed by atoms with E-state index in [0.29, 0.717) is 5.89 Å². The number of benzene rings is 2. The normalized spacial score (nSPS) is 12.0. The zero-order chi connectivity index (χ0) is 18.0. The lowest BCUT2D eigenvalue weighted by atomic mass is 10.1. The van der Waals surface area contributed by atoms with Crippen LogP contribution in [0.5, 0.6) is 0 Å². The predicted octanol–water partition coefficient (Wildman–Crippen LogP) is 3.68. The van der Waals surface area contributed by atoms with Gasteiger partial charge in [0.25, 0.3) is 5.89 Å². The van der Waals surface area contributed by atoms with Gasteiger partial charge in [-0.1, -0.05) is 17.7 Å². The number of hydrogen-bond acceptors (Lipinski definition) is 6. The van der Waals surface area contributed by atoms with Crippen molar-refractivity contribution >= 4 is 11.7 Å². The molecule has 0 amide bonds. The van der Waals surface area contributed by atoms with Crippen LogP contribution >= 0.6 is 0 Å². The minimum Gasteiger partial charge on any atom is -0.449 e. The van der Waals surface area contributed by atoms with Crippen LogP contribution in [0.4, 0.5) is 10.1 Å². The third kappa shape index (κ3) is 3.65. The number of carbonyl (C=O) groups is 1. The van der Waals surface area contributed by atoms with E-state index in [1.807, 2.05) is 31.2 Å². The maximum absolute atomic E-state index is 13.1. The smallest absolute Gasteiger partial charge is 0.341 e. The van der Waals surface area contributed by atoms with Crippen LogP contribution in [0.25, 0.3) is 11.5 Å². The summed E-state index contributed by atoms with van der Waals surface area (Å²) < 4.78 is 23.9. The fourth-order valence-corrected chi connectivity index (χ4v) is 2.29. The molecule has 128 valence electrons. The summed E-state index contributed by atoms with van der Waals surface area (Å²) in [7, 11) is 0. The van der Waals surface area contributed by atoms with E-state index in [-0.39, 0.29) is 17.1 Å². The molecule has 0 radical (unpaired) electrons. The number of ether oxygens (including phenoxy) is 1. The lowest BCUT2D eigenvalue weighted by molar-refractivity contribution is 0.0281.